The molecule has 2 heterocycles. The number of aromatic amines is 1. The van der Waals surface area contributed by atoms with E-state index in [9.17, 15) is 9.59 Å². The van der Waals surface area contributed by atoms with Crippen LogP contribution in [0.15, 0.2) is 36.5 Å². The van der Waals surface area contributed by atoms with Crippen molar-refractivity contribution in [2.45, 2.75) is 6.54 Å². The first-order valence-corrected chi connectivity index (χ1v) is 7.56. The van der Waals surface area contributed by atoms with Crippen molar-refractivity contribution in [1.29, 1.82) is 0 Å². The van der Waals surface area contributed by atoms with E-state index in [1.807, 2.05) is 18.2 Å². The van der Waals surface area contributed by atoms with Crippen molar-refractivity contribution in [3.63, 3.8) is 0 Å². The van der Waals surface area contributed by atoms with Crippen LogP contribution < -0.4 is 9.47 Å². The lowest BCUT2D eigenvalue weighted by molar-refractivity contribution is -0.133. The average molecular weight is 330 g/mol. The molecular weight excluding hydrogens is 312 g/mol. The summed E-state index contributed by atoms with van der Waals surface area (Å²) in [6, 6.07) is 8.83. The van der Waals surface area contributed by atoms with Gasteiger partial charge in [0.1, 0.15) is 18.9 Å². The molecule has 0 fully saturated rings. The van der Waals surface area contributed by atoms with Gasteiger partial charge in [-0.05, 0) is 29.8 Å². The second-order valence-corrected chi connectivity index (χ2v) is 5.39. The third-order valence-electron chi connectivity index (χ3n) is 3.60. The van der Waals surface area contributed by atoms with E-state index in [0.717, 1.165) is 5.56 Å². The highest BCUT2D eigenvalue weighted by molar-refractivity contribution is 5.89. The fourth-order valence-corrected chi connectivity index (χ4v) is 2.32. The van der Waals surface area contributed by atoms with Crippen LogP contribution in [-0.2, 0) is 16.1 Å². The molecule has 0 saturated carbocycles. The normalized spacial score (nSPS) is 12.5. The minimum Gasteiger partial charge on any atom is -0.486 e. The van der Waals surface area contributed by atoms with E-state index >= 15 is 0 Å². The standard InChI is InChI=1S/C17H18N2O5/c1-19(16(20)11-24-17(21)13-3-2-6-18-13)10-12-4-5-14-15(9-12)23-8-7-22-14/h2-6,9,18H,7-8,10-11H2,1H3. The summed E-state index contributed by atoms with van der Waals surface area (Å²) in [7, 11) is 1.65. The molecule has 2 aromatic rings. The maximum atomic E-state index is 12.1. The van der Waals surface area contributed by atoms with E-state index in [1.54, 1.807) is 25.4 Å². The van der Waals surface area contributed by atoms with Crippen LogP contribution in [0.1, 0.15) is 16.1 Å². The fourth-order valence-electron chi connectivity index (χ4n) is 2.32. The molecule has 3 rings (SSSR count). The molecule has 1 amide bonds. The summed E-state index contributed by atoms with van der Waals surface area (Å²) in [6.07, 6.45) is 1.62. The number of carbonyl (C=O) groups excluding carboxylic acids is 2. The summed E-state index contributed by atoms with van der Waals surface area (Å²) in [5.41, 5.74) is 1.23. The minimum atomic E-state index is -0.555. The lowest BCUT2D eigenvalue weighted by atomic mass is 10.2. The largest absolute Gasteiger partial charge is 0.486 e. The van der Waals surface area contributed by atoms with Crippen LogP contribution in [0, 0.1) is 0 Å². The Labute approximate surface area is 139 Å². The molecule has 0 aliphatic carbocycles. The van der Waals surface area contributed by atoms with Gasteiger partial charge >= 0.3 is 5.97 Å². The zero-order chi connectivity index (χ0) is 16.9. The van der Waals surface area contributed by atoms with Crippen molar-refractivity contribution in [1.82, 2.24) is 9.88 Å². The van der Waals surface area contributed by atoms with Crippen LogP contribution >= 0.6 is 0 Å². The van der Waals surface area contributed by atoms with E-state index in [2.05, 4.69) is 4.98 Å². The number of H-pyrrole nitrogens is 1. The average Bonchev–Trinajstić information content (AvgIpc) is 3.14. The molecule has 126 valence electrons. The SMILES string of the molecule is CN(Cc1ccc2c(c1)OCCO2)C(=O)COC(=O)c1ccc[nH]1. The third kappa shape index (κ3) is 3.68. The Morgan fingerprint density at radius 3 is 2.75 bits per heavy atom. The van der Waals surface area contributed by atoms with Gasteiger partial charge < -0.3 is 24.1 Å². The van der Waals surface area contributed by atoms with Gasteiger partial charge in [-0.25, -0.2) is 4.79 Å². The molecule has 1 aliphatic heterocycles. The van der Waals surface area contributed by atoms with Crippen molar-refractivity contribution in [3.05, 3.63) is 47.8 Å². The number of likely N-dealkylation sites (N-methyl/N-ethyl adjacent to an activating group) is 1. The van der Waals surface area contributed by atoms with Crippen LogP contribution in [0.25, 0.3) is 0 Å². The maximum absolute atomic E-state index is 12.1. The van der Waals surface area contributed by atoms with Gasteiger partial charge in [0.15, 0.2) is 18.1 Å². The molecule has 1 aromatic carbocycles. The quantitative estimate of drug-likeness (QED) is 0.842. The van der Waals surface area contributed by atoms with E-state index in [-0.39, 0.29) is 12.5 Å². The molecular formula is C17H18N2O5. The highest BCUT2D eigenvalue weighted by Crippen LogP contribution is 2.31. The number of amides is 1. The van der Waals surface area contributed by atoms with Gasteiger partial charge in [-0.1, -0.05) is 6.07 Å². The lowest BCUT2D eigenvalue weighted by Crippen LogP contribution is -2.31. The van der Waals surface area contributed by atoms with E-state index < -0.39 is 5.97 Å². The first-order chi connectivity index (χ1) is 11.6. The zero-order valence-electron chi connectivity index (χ0n) is 13.3. The molecule has 24 heavy (non-hydrogen) atoms. The predicted molar refractivity (Wildman–Crippen MR) is 85.0 cm³/mol. The number of rotatable bonds is 5. The van der Waals surface area contributed by atoms with Gasteiger partial charge in [-0.2, -0.15) is 0 Å². The second-order valence-electron chi connectivity index (χ2n) is 5.39. The Morgan fingerprint density at radius 1 is 1.21 bits per heavy atom. The number of aromatic nitrogens is 1. The van der Waals surface area contributed by atoms with Crippen LogP contribution in [-0.4, -0.2) is 48.6 Å². The van der Waals surface area contributed by atoms with E-state index in [0.29, 0.717) is 37.0 Å². The third-order valence-corrected chi connectivity index (χ3v) is 3.60. The van der Waals surface area contributed by atoms with Crippen molar-refractivity contribution >= 4 is 11.9 Å². The number of benzene rings is 1. The number of hydrogen-bond donors (Lipinski definition) is 1. The molecule has 7 heteroatoms. The molecule has 7 nitrogen and oxygen atoms in total. The van der Waals surface area contributed by atoms with Crippen LogP contribution in [0.5, 0.6) is 11.5 Å². The Kier molecular flexibility index (Phi) is 4.69. The van der Waals surface area contributed by atoms with Crippen LogP contribution in [0.4, 0.5) is 0 Å². The Morgan fingerprint density at radius 2 is 2.00 bits per heavy atom. The minimum absolute atomic E-state index is 0.287. The number of fused-ring (bicyclic) bond motifs is 1. The number of hydrogen-bond acceptors (Lipinski definition) is 5. The zero-order valence-corrected chi connectivity index (χ0v) is 13.3. The van der Waals surface area contributed by atoms with E-state index in [4.69, 9.17) is 14.2 Å². The summed E-state index contributed by atoms with van der Waals surface area (Å²) in [5.74, 6) is 0.544. The highest BCUT2D eigenvalue weighted by atomic mass is 16.6. The lowest BCUT2D eigenvalue weighted by Gasteiger charge is -2.21. The predicted octanol–water partition coefficient (Wildman–Crippen LogP) is 1.60. The molecule has 1 aliphatic rings. The first kappa shape index (κ1) is 15.9. The fraction of sp³-hybridized carbons (Fsp3) is 0.294. The molecule has 0 atom stereocenters. The molecule has 0 spiro atoms. The van der Waals surface area contributed by atoms with Gasteiger partial charge in [0.2, 0.25) is 0 Å². The van der Waals surface area contributed by atoms with Gasteiger partial charge in [-0.15, -0.1) is 0 Å². The molecule has 0 radical (unpaired) electrons. The number of carbonyl (C=O) groups is 2. The van der Waals surface area contributed by atoms with Crippen molar-refractivity contribution in [2.24, 2.45) is 0 Å². The van der Waals surface area contributed by atoms with Gasteiger partial charge in [0, 0.05) is 19.8 Å². The smallest absolute Gasteiger partial charge is 0.355 e. The number of esters is 1. The molecule has 0 unspecified atom stereocenters. The summed E-state index contributed by atoms with van der Waals surface area (Å²) in [6.45, 7) is 1.13. The Hall–Kier alpha value is -2.96. The summed E-state index contributed by atoms with van der Waals surface area (Å²) in [4.78, 5) is 28.0. The van der Waals surface area contributed by atoms with Gasteiger partial charge in [-0.3, -0.25) is 4.79 Å². The van der Waals surface area contributed by atoms with Crippen molar-refractivity contribution in [3.8, 4) is 11.5 Å². The topological polar surface area (TPSA) is 80.9 Å². The van der Waals surface area contributed by atoms with Crippen molar-refractivity contribution in [2.75, 3.05) is 26.9 Å². The van der Waals surface area contributed by atoms with Crippen molar-refractivity contribution < 1.29 is 23.8 Å². The van der Waals surface area contributed by atoms with Crippen LogP contribution in [0.3, 0.4) is 0 Å². The molecule has 0 bridgehead atoms. The first-order valence-electron chi connectivity index (χ1n) is 7.56. The van der Waals surface area contributed by atoms with Gasteiger partial charge in [0.25, 0.3) is 5.91 Å². The number of ether oxygens (including phenoxy) is 3. The monoisotopic (exact) mass is 330 g/mol. The molecule has 1 aromatic heterocycles. The second kappa shape index (κ2) is 7.08. The highest BCUT2D eigenvalue weighted by Gasteiger charge is 2.16. The maximum Gasteiger partial charge on any atom is 0.355 e. The number of nitrogens with one attached hydrogen (secondary N) is 1. The van der Waals surface area contributed by atoms with Gasteiger partial charge in [0.05, 0.1) is 0 Å². The number of nitrogens with zero attached hydrogens (tertiary/aromatic N) is 1. The summed E-state index contributed by atoms with van der Waals surface area (Å²) >= 11 is 0. The Bertz CT molecular complexity index is 727. The van der Waals surface area contributed by atoms with Crippen LogP contribution in [0.2, 0.25) is 0 Å². The Balaban J connectivity index is 1.53. The summed E-state index contributed by atoms with van der Waals surface area (Å²) in [5, 5.41) is 0. The summed E-state index contributed by atoms with van der Waals surface area (Å²) < 4.78 is 16.0. The molecule has 0 saturated heterocycles. The van der Waals surface area contributed by atoms with E-state index in [1.165, 1.54) is 4.90 Å². The molecule has 1 N–H and O–H groups in total.